The lowest BCUT2D eigenvalue weighted by Gasteiger charge is -2.63. The van der Waals surface area contributed by atoms with Crippen LogP contribution in [0.1, 0.15) is 72.1 Å². The van der Waals surface area contributed by atoms with Gasteiger partial charge in [-0.1, -0.05) is 39.2 Å². The molecule has 4 rings (SSSR count). The van der Waals surface area contributed by atoms with E-state index in [-0.39, 0.29) is 34.9 Å². The molecule has 0 spiro atoms. The predicted molar refractivity (Wildman–Crippen MR) is 218 cm³/mol. The van der Waals surface area contributed by atoms with Crippen molar-refractivity contribution >= 4 is 39.2 Å². The molecule has 6 nitrogen and oxygen atoms in total. The Morgan fingerprint density at radius 1 is 0.860 bits per heavy atom. The van der Waals surface area contributed by atoms with E-state index in [0.717, 1.165) is 44.3 Å². The summed E-state index contributed by atoms with van der Waals surface area (Å²) in [4.78, 5) is 12.7. The molecule has 3 fully saturated rings. The lowest BCUT2D eigenvalue weighted by molar-refractivity contribution is -0.157. The number of rotatable bonds is 15. The molecule has 0 amide bonds. The molecule has 5 unspecified atom stereocenters. The topological polar surface area (TPSA) is 63.2 Å². The smallest absolute Gasteiger partial charge is 0.310 e. The van der Waals surface area contributed by atoms with Gasteiger partial charge in [0.05, 0.1) is 31.0 Å². The molecule has 0 heterocycles. The fourth-order valence-corrected chi connectivity index (χ4v) is 14.4. The highest BCUT2D eigenvalue weighted by molar-refractivity contribution is 6.70. The van der Waals surface area contributed by atoms with Crippen molar-refractivity contribution in [2.45, 2.75) is 163 Å². The predicted octanol–water partition coefficient (Wildman–Crippen LogP) is 11.0. The van der Waals surface area contributed by atoms with Crippen molar-refractivity contribution < 1.29 is 27.2 Å². The van der Waals surface area contributed by atoms with E-state index >= 15 is 0 Å². The summed E-state index contributed by atoms with van der Waals surface area (Å²) in [6.45, 7) is 35.8. The number of esters is 1. The molecule has 0 radical (unpaired) electrons. The third-order valence-electron chi connectivity index (χ3n) is 12.5. The molecule has 10 atom stereocenters. The van der Waals surface area contributed by atoms with Crippen LogP contribution in [0, 0.1) is 46.3 Å². The standard InChI is InChI=1S/C40H76O6Si4/c1-28(18-17-19-29(38(41)42-4)27-43-47(5,6)7)32-20-21-33-37-34(26-36(40(32,33)3)46-50(14,15)16)39(2)23-22-31(44-48(8,9)10)24-30(39)25-35(37)45-49(11,12)13/h22,24,28-29,32-37H,17-21,23,25-27H2,1-16H3/t28?,29?,32-,33?,34?,35-,36+,37?,39+,40-/m1/s1. The van der Waals surface area contributed by atoms with E-state index in [1.165, 1.54) is 20.0 Å². The zero-order valence-electron chi connectivity index (χ0n) is 35.1. The Bertz CT molecular complexity index is 1260. The van der Waals surface area contributed by atoms with Gasteiger partial charge in [-0.15, -0.1) is 0 Å². The number of fused-ring (bicyclic) bond motifs is 5. The molecule has 3 saturated carbocycles. The molecule has 0 aliphatic heterocycles. The lowest BCUT2D eigenvalue weighted by atomic mass is 9.45. The third kappa shape index (κ3) is 9.97. The molecule has 4 aliphatic carbocycles. The zero-order chi connectivity index (χ0) is 37.7. The van der Waals surface area contributed by atoms with Crippen molar-refractivity contribution in [2.75, 3.05) is 13.7 Å². The van der Waals surface area contributed by atoms with Crippen molar-refractivity contribution in [3.63, 3.8) is 0 Å². The molecule has 0 bridgehead atoms. The van der Waals surface area contributed by atoms with E-state index in [4.69, 9.17) is 22.4 Å². The lowest BCUT2D eigenvalue weighted by Crippen LogP contribution is -2.62. The third-order valence-corrected chi connectivity index (χ3v) is 16.4. The van der Waals surface area contributed by atoms with Crippen molar-refractivity contribution in [3.05, 3.63) is 23.5 Å². The summed E-state index contributed by atoms with van der Waals surface area (Å²) in [5.74, 6) is 3.54. The van der Waals surface area contributed by atoms with Crippen LogP contribution in [0.2, 0.25) is 78.6 Å². The van der Waals surface area contributed by atoms with E-state index in [1.807, 2.05) is 0 Å². The molecular formula is C40H76O6Si4. The summed E-state index contributed by atoms with van der Waals surface area (Å²) in [5, 5.41) is 0. The van der Waals surface area contributed by atoms with E-state index in [9.17, 15) is 4.79 Å². The zero-order valence-corrected chi connectivity index (χ0v) is 39.1. The summed E-state index contributed by atoms with van der Waals surface area (Å²) in [7, 11) is -5.59. The Kier molecular flexibility index (Phi) is 12.9. The van der Waals surface area contributed by atoms with Crippen LogP contribution in [0.3, 0.4) is 0 Å². The van der Waals surface area contributed by atoms with Crippen LogP contribution in [-0.2, 0) is 27.2 Å². The average Bonchev–Trinajstić information content (AvgIpc) is 3.30. The van der Waals surface area contributed by atoms with Gasteiger partial charge >= 0.3 is 5.97 Å². The summed E-state index contributed by atoms with van der Waals surface area (Å²) in [6.07, 6.45) is 14.0. The molecule has 4 aliphatic rings. The first-order valence-corrected chi connectivity index (χ1v) is 33.6. The van der Waals surface area contributed by atoms with Crippen molar-refractivity contribution in [2.24, 2.45) is 46.3 Å². The van der Waals surface area contributed by atoms with Gasteiger partial charge in [-0.3, -0.25) is 4.79 Å². The van der Waals surface area contributed by atoms with Crippen LogP contribution in [0.4, 0.5) is 0 Å². The van der Waals surface area contributed by atoms with Gasteiger partial charge < -0.3 is 22.4 Å². The molecular weight excluding hydrogens is 689 g/mol. The van der Waals surface area contributed by atoms with Gasteiger partial charge in [-0.2, -0.15) is 0 Å². The van der Waals surface area contributed by atoms with Gasteiger partial charge in [0.15, 0.2) is 25.0 Å². The quantitative estimate of drug-likeness (QED) is 0.122. The fraction of sp³-hybridized carbons (Fsp3) is 0.875. The van der Waals surface area contributed by atoms with Crippen LogP contribution < -0.4 is 0 Å². The Hall–Kier alpha value is -0.502. The first-order chi connectivity index (χ1) is 22.8. The number of methoxy groups -OCH3 is 1. The minimum Gasteiger partial charge on any atom is -0.545 e. The molecule has 288 valence electrons. The monoisotopic (exact) mass is 764 g/mol. The fourth-order valence-electron chi connectivity index (χ4n) is 10.5. The Morgan fingerprint density at radius 2 is 1.50 bits per heavy atom. The van der Waals surface area contributed by atoms with Crippen LogP contribution in [0.5, 0.6) is 0 Å². The number of allylic oxidation sites excluding steroid dienone is 2. The average molecular weight is 765 g/mol. The van der Waals surface area contributed by atoms with E-state index in [1.54, 1.807) is 5.57 Å². The van der Waals surface area contributed by atoms with Crippen molar-refractivity contribution in [3.8, 4) is 0 Å². The molecule has 0 aromatic rings. The molecule has 0 aromatic heterocycles. The molecule has 0 N–H and O–H groups in total. The second kappa shape index (κ2) is 15.3. The van der Waals surface area contributed by atoms with Gasteiger partial charge in [-0.05, 0) is 170 Å². The van der Waals surface area contributed by atoms with E-state index < -0.39 is 33.3 Å². The van der Waals surface area contributed by atoms with E-state index in [2.05, 4.69) is 111 Å². The number of hydrogen-bond donors (Lipinski definition) is 0. The minimum absolute atomic E-state index is 0.0960. The van der Waals surface area contributed by atoms with Gasteiger partial charge in [0.1, 0.15) is 0 Å². The summed E-state index contributed by atoms with van der Waals surface area (Å²) >= 11 is 0. The number of ether oxygens (including phenoxy) is 1. The molecule has 0 aromatic carbocycles. The minimum atomic E-state index is -1.84. The highest BCUT2D eigenvalue weighted by atomic mass is 28.4. The Morgan fingerprint density at radius 3 is 2.06 bits per heavy atom. The first-order valence-electron chi connectivity index (χ1n) is 19.9. The van der Waals surface area contributed by atoms with Crippen LogP contribution in [0.25, 0.3) is 0 Å². The van der Waals surface area contributed by atoms with Crippen LogP contribution >= 0.6 is 0 Å². The van der Waals surface area contributed by atoms with Crippen LogP contribution in [-0.4, -0.2) is 65.2 Å². The highest BCUT2D eigenvalue weighted by Gasteiger charge is 2.66. The van der Waals surface area contributed by atoms with Crippen molar-refractivity contribution in [1.82, 2.24) is 0 Å². The maximum atomic E-state index is 12.7. The number of carbonyl (C=O) groups is 1. The summed E-state index contributed by atoms with van der Waals surface area (Å²) in [6, 6.07) is 0. The normalized spacial score (nSPS) is 34.5. The largest absolute Gasteiger partial charge is 0.545 e. The second-order valence-corrected chi connectivity index (χ2v) is 38.8. The summed E-state index contributed by atoms with van der Waals surface area (Å²) < 4.78 is 32.7. The highest BCUT2D eigenvalue weighted by Crippen LogP contribution is 2.69. The maximum absolute atomic E-state index is 12.7. The number of hydrogen-bond acceptors (Lipinski definition) is 6. The molecule has 10 heteroatoms. The van der Waals surface area contributed by atoms with Gasteiger partial charge in [-0.25, -0.2) is 0 Å². The Labute approximate surface area is 311 Å². The summed E-state index contributed by atoms with van der Waals surface area (Å²) in [5.41, 5.74) is 1.75. The first kappa shape index (κ1) is 42.2. The molecule has 0 saturated heterocycles. The maximum Gasteiger partial charge on any atom is 0.310 e. The second-order valence-electron chi connectivity index (χ2n) is 20.9. The van der Waals surface area contributed by atoms with Crippen molar-refractivity contribution in [1.29, 1.82) is 0 Å². The SMILES string of the molecule is COC(=O)C(CCCC(C)[C@H]1CCC2C3C(C[C@H](O[Si](C)(C)C)[C@@]21C)[C@@]1(C)CC=C(O[Si](C)(C)C)C=C1C[C@H]3O[Si](C)(C)C)CO[Si](C)(C)C. The number of carbonyl (C=O) groups excluding carboxylic acids is 1. The molecule has 50 heavy (non-hydrogen) atoms. The van der Waals surface area contributed by atoms with Gasteiger partial charge in [0.25, 0.3) is 0 Å². The van der Waals surface area contributed by atoms with Gasteiger partial charge in [0.2, 0.25) is 8.32 Å². The van der Waals surface area contributed by atoms with Gasteiger partial charge in [0, 0.05) is 6.61 Å². The van der Waals surface area contributed by atoms with E-state index in [0.29, 0.717) is 36.2 Å². The Balaban J connectivity index is 1.65. The van der Waals surface area contributed by atoms with Crippen LogP contribution in [0.15, 0.2) is 23.5 Å².